The van der Waals surface area contributed by atoms with Gasteiger partial charge in [0.25, 0.3) is 0 Å². The number of hydrogen-bond donors (Lipinski definition) is 2. The maximum Gasteiger partial charge on any atom is 0.431 e. The summed E-state index contributed by atoms with van der Waals surface area (Å²) in [6.07, 6.45) is -2.91. The molecule has 0 aliphatic carbocycles. The summed E-state index contributed by atoms with van der Waals surface area (Å²) in [5.41, 5.74) is 5.49. The number of aromatic amines is 1. The van der Waals surface area contributed by atoms with E-state index in [0.29, 0.717) is 10.9 Å². The van der Waals surface area contributed by atoms with Crippen LogP contribution in [0.5, 0.6) is 0 Å². The largest absolute Gasteiger partial charge is 0.431 e. The maximum absolute atomic E-state index is 12.3. The van der Waals surface area contributed by atoms with Crippen LogP contribution in [0.3, 0.4) is 0 Å². The Morgan fingerprint density at radius 1 is 1.24 bits per heavy atom. The molecule has 0 radical (unpaired) electrons. The van der Waals surface area contributed by atoms with Crippen molar-refractivity contribution in [3.05, 3.63) is 29.6 Å². The van der Waals surface area contributed by atoms with Gasteiger partial charge in [0.1, 0.15) is 11.3 Å². The number of nitrogens with two attached hydrogens (primary N) is 1. The van der Waals surface area contributed by atoms with E-state index in [1.165, 1.54) is 6.20 Å². The number of pyridine rings is 1. The third-order valence-corrected chi connectivity index (χ3v) is 2.07. The first kappa shape index (κ1) is 16.0. The summed E-state index contributed by atoms with van der Waals surface area (Å²) in [5, 5.41) is 0.422. The Labute approximate surface area is 107 Å². The van der Waals surface area contributed by atoms with E-state index in [1.54, 1.807) is 6.07 Å². The summed E-state index contributed by atoms with van der Waals surface area (Å²) in [7, 11) is 0. The molecule has 0 spiro atoms. The van der Waals surface area contributed by atoms with Crippen molar-refractivity contribution in [1.82, 2.24) is 9.97 Å². The Kier molecular flexibility index (Phi) is 5.25. The number of H-pyrrole nitrogens is 1. The summed E-state index contributed by atoms with van der Waals surface area (Å²) in [5.74, 6) is 0. The van der Waals surface area contributed by atoms with E-state index in [4.69, 9.17) is 5.73 Å². The zero-order chi connectivity index (χ0) is 11.1. The molecule has 0 aliphatic rings. The second-order valence-corrected chi connectivity index (χ2v) is 3.17. The van der Waals surface area contributed by atoms with Crippen LogP contribution in [0.15, 0.2) is 18.3 Å². The highest BCUT2D eigenvalue weighted by atomic mass is 35.5. The van der Waals surface area contributed by atoms with Gasteiger partial charge in [-0.15, -0.1) is 24.8 Å². The van der Waals surface area contributed by atoms with Crippen LogP contribution in [0.1, 0.15) is 11.3 Å². The van der Waals surface area contributed by atoms with Crippen molar-refractivity contribution in [2.75, 3.05) is 0 Å². The van der Waals surface area contributed by atoms with E-state index in [9.17, 15) is 13.2 Å². The van der Waals surface area contributed by atoms with E-state index < -0.39 is 11.9 Å². The lowest BCUT2D eigenvalue weighted by Crippen LogP contribution is -2.04. The molecule has 0 fully saturated rings. The minimum Gasteiger partial charge on any atom is -0.336 e. The molecule has 0 amide bonds. The first-order valence-electron chi connectivity index (χ1n) is 4.25. The van der Waals surface area contributed by atoms with E-state index in [-0.39, 0.29) is 37.0 Å². The van der Waals surface area contributed by atoms with Crippen LogP contribution in [-0.2, 0) is 12.7 Å². The van der Waals surface area contributed by atoms with Crippen molar-refractivity contribution in [2.24, 2.45) is 5.73 Å². The number of nitrogens with one attached hydrogen (secondary N) is 1. The van der Waals surface area contributed by atoms with Crippen molar-refractivity contribution < 1.29 is 13.2 Å². The molecule has 3 N–H and O–H groups in total. The normalized spacial score (nSPS) is 10.8. The number of aromatic nitrogens is 2. The Morgan fingerprint density at radius 2 is 1.88 bits per heavy atom. The van der Waals surface area contributed by atoms with Crippen molar-refractivity contribution in [3.8, 4) is 0 Å². The van der Waals surface area contributed by atoms with Crippen LogP contribution in [0.2, 0.25) is 0 Å². The quantitative estimate of drug-likeness (QED) is 0.847. The van der Waals surface area contributed by atoms with E-state index in [2.05, 4.69) is 9.97 Å². The average Bonchev–Trinajstić information content (AvgIpc) is 2.59. The van der Waals surface area contributed by atoms with Crippen LogP contribution < -0.4 is 5.73 Å². The number of alkyl halides is 3. The zero-order valence-corrected chi connectivity index (χ0v) is 10.0. The Bertz CT molecular complexity index is 496. The molecular formula is C9H10Cl2F3N3. The zero-order valence-electron chi connectivity index (χ0n) is 8.41. The van der Waals surface area contributed by atoms with E-state index in [0.717, 1.165) is 6.07 Å². The first-order valence-corrected chi connectivity index (χ1v) is 4.25. The van der Waals surface area contributed by atoms with E-state index in [1.807, 2.05) is 0 Å². The molecule has 2 heterocycles. The van der Waals surface area contributed by atoms with Gasteiger partial charge in [-0.05, 0) is 17.7 Å². The monoisotopic (exact) mass is 287 g/mol. The second-order valence-electron chi connectivity index (χ2n) is 3.17. The third-order valence-electron chi connectivity index (χ3n) is 2.07. The lowest BCUT2D eigenvalue weighted by molar-refractivity contribution is -0.140. The number of hydrogen-bond acceptors (Lipinski definition) is 2. The fourth-order valence-corrected chi connectivity index (χ4v) is 1.33. The van der Waals surface area contributed by atoms with E-state index >= 15 is 0 Å². The standard InChI is InChI=1S/C9H8F3N3.2ClH/c10-9(11,12)7-2-6-1-5(3-13)4-14-8(6)15-7;;/h1-2,4H,3,13H2,(H,14,15);2*1H. The van der Waals surface area contributed by atoms with Crippen molar-refractivity contribution in [2.45, 2.75) is 12.7 Å². The molecule has 2 rings (SSSR count). The topological polar surface area (TPSA) is 54.7 Å². The fraction of sp³-hybridized carbons (Fsp3) is 0.222. The van der Waals surface area contributed by atoms with Gasteiger partial charge in [-0.1, -0.05) is 0 Å². The van der Waals surface area contributed by atoms with Gasteiger partial charge >= 0.3 is 6.18 Å². The van der Waals surface area contributed by atoms with Gasteiger partial charge in [0, 0.05) is 18.1 Å². The molecule has 8 heteroatoms. The van der Waals surface area contributed by atoms with Gasteiger partial charge in [-0.3, -0.25) is 0 Å². The van der Waals surface area contributed by atoms with Crippen molar-refractivity contribution in [3.63, 3.8) is 0 Å². The fourth-order valence-electron chi connectivity index (χ4n) is 1.33. The highest BCUT2D eigenvalue weighted by Crippen LogP contribution is 2.30. The molecule has 0 aliphatic heterocycles. The molecule has 0 saturated carbocycles. The lowest BCUT2D eigenvalue weighted by atomic mass is 10.2. The van der Waals surface area contributed by atoms with Crippen LogP contribution in [-0.4, -0.2) is 9.97 Å². The summed E-state index contributed by atoms with van der Waals surface area (Å²) in [6, 6.07) is 2.62. The van der Waals surface area contributed by atoms with Gasteiger partial charge in [-0.25, -0.2) is 4.98 Å². The van der Waals surface area contributed by atoms with Gasteiger partial charge in [0.15, 0.2) is 0 Å². The first-order chi connectivity index (χ1) is 7.00. The Hall–Kier alpha value is -0.980. The summed E-state index contributed by atoms with van der Waals surface area (Å²) in [6.45, 7) is 0.259. The smallest absolute Gasteiger partial charge is 0.336 e. The number of fused-ring (bicyclic) bond motifs is 1. The predicted octanol–water partition coefficient (Wildman–Crippen LogP) is 2.88. The molecule has 0 bridgehead atoms. The predicted molar refractivity (Wildman–Crippen MR) is 63.5 cm³/mol. The van der Waals surface area contributed by atoms with Gasteiger partial charge in [0.2, 0.25) is 0 Å². The van der Waals surface area contributed by atoms with Gasteiger partial charge in [-0.2, -0.15) is 13.2 Å². The van der Waals surface area contributed by atoms with Crippen LogP contribution in [0.25, 0.3) is 11.0 Å². The molecule has 0 unspecified atom stereocenters. The number of nitrogens with zero attached hydrogens (tertiary/aromatic N) is 1. The third kappa shape index (κ3) is 3.24. The minimum atomic E-state index is -4.37. The molecule has 2 aromatic rings. The van der Waals surface area contributed by atoms with Crippen LogP contribution in [0.4, 0.5) is 13.2 Å². The summed E-state index contributed by atoms with van der Waals surface area (Å²) < 4.78 is 37.0. The number of halogens is 5. The molecule has 0 atom stereocenters. The Morgan fingerprint density at radius 3 is 2.41 bits per heavy atom. The summed E-state index contributed by atoms with van der Waals surface area (Å²) in [4.78, 5) is 6.06. The van der Waals surface area contributed by atoms with Gasteiger partial charge < -0.3 is 10.7 Å². The molecular weight excluding hydrogens is 278 g/mol. The van der Waals surface area contributed by atoms with Crippen molar-refractivity contribution >= 4 is 35.8 Å². The molecule has 0 aromatic carbocycles. The summed E-state index contributed by atoms with van der Waals surface area (Å²) >= 11 is 0. The maximum atomic E-state index is 12.3. The molecule has 3 nitrogen and oxygen atoms in total. The SMILES string of the molecule is Cl.Cl.NCc1cnc2[nH]c(C(F)(F)F)cc2c1. The highest BCUT2D eigenvalue weighted by molar-refractivity contribution is 5.85. The molecule has 2 aromatic heterocycles. The Balaban J connectivity index is 0.00000128. The minimum absolute atomic E-state index is 0. The average molecular weight is 288 g/mol. The van der Waals surface area contributed by atoms with Gasteiger partial charge in [0.05, 0.1) is 0 Å². The molecule has 96 valence electrons. The van der Waals surface area contributed by atoms with Crippen LogP contribution in [0, 0.1) is 0 Å². The molecule has 0 saturated heterocycles. The second kappa shape index (κ2) is 5.57. The number of rotatable bonds is 1. The molecule has 17 heavy (non-hydrogen) atoms. The van der Waals surface area contributed by atoms with Crippen LogP contribution >= 0.6 is 24.8 Å². The van der Waals surface area contributed by atoms with Crippen molar-refractivity contribution in [1.29, 1.82) is 0 Å². The highest BCUT2D eigenvalue weighted by Gasteiger charge is 2.32. The lowest BCUT2D eigenvalue weighted by Gasteiger charge is -2.00.